The Morgan fingerprint density at radius 1 is 1.25 bits per heavy atom. The highest BCUT2D eigenvalue weighted by Gasteiger charge is 2.47. The number of rotatable bonds is 4. The normalized spacial score (nSPS) is 24.1. The molecule has 0 aromatic carbocycles. The van der Waals surface area contributed by atoms with E-state index in [1.807, 2.05) is 23.3 Å². The molecule has 1 saturated carbocycles. The quantitative estimate of drug-likeness (QED) is 0.817. The minimum atomic E-state index is -0.851. The van der Waals surface area contributed by atoms with Crippen molar-refractivity contribution in [2.24, 2.45) is 0 Å². The van der Waals surface area contributed by atoms with Crippen molar-refractivity contribution in [3.8, 4) is 0 Å². The Bertz CT molecular complexity index is 862. The molecule has 3 heterocycles. The maximum Gasteiger partial charge on any atom is 0.271 e. The zero-order chi connectivity index (χ0) is 19.7. The number of nitrogens with one attached hydrogen (secondary N) is 1. The van der Waals surface area contributed by atoms with E-state index in [1.165, 1.54) is 32.1 Å². The van der Waals surface area contributed by atoms with E-state index in [0.29, 0.717) is 18.8 Å². The largest absolute Gasteiger partial charge is 0.351 e. The number of nitrogens with zero attached hydrogens (tertiary/aromatic N) is 2. The summed E-state index contributed by atoms with van der Waals surface area (Å²) >= 11 is 1.65. The average molecular weight is 402 g/mol. The van der Waals surface area contributed by atoms with Gasteiger partial charge in [0.2, 0.25) is 5.91 Å². The summed E-state index contributed by atoms with van der Waals surface area (Å²) in [7, 11) is 0. The third-order valence-electron chi connectivity index (χ3n) is 6.43. The van der Waals surface area contributed by atoms with Crippen molar-refractivity contribution in [3.05, 3.63) is 23.2 Å². The van der Waals surface area contributed by atoms with E-state index < -0.39 is 5.54 Å². The van der Waals surface area contributed by atoms with Gasteiger partial charge >= 0.3 is 0 Å². The SMILES string of the molecule is CCCN1C(=O)c2cc3sccc3n2C[C@@]1(C)C(=O)NC1CCCCCCC1. The smallest absolute Gasteiger partial charge is 0.271 e. The van der Waals surface area contributed by atoms with Crippen LogP contribution in [0.2, 0.25) is 0 Å². The lowest BCUT2D eigenvalue weighted by atomic mass is 9.92. The van der Waals surface area contributed by atoms with Gasteiger partial charge in [0.25, 0.3) is 5.91 Å². The first-order chi connectivity index (χ1) is 13.5. The topological polar surface area (TPSA) is 54.3 Å². The summed E-state index contributed by atoms with van der Waals surface area (Å²) < 4.78 is 3.17. The monoisotopic (exact) mass is 401 g/mol. The maximum absolute atomic E-state index is 13.5. The van der Waals surface area contributed by atoms with E-state index >= 15 is 0 Å². The van der Waals surface area contributed by atoms with Crippen molar-refractivity contribution in [1.82, 2.24) is 14.8 Å². The predicted molar refractivity (Wildman–Crippen MR) is 114 cm³/mol. The number of carbonyl (C=O) groups is 2. The molecule has 4 rings (SSSR count). The van der Waals surface area contributed by atoms with Gasteiger partial charge in [-0.3, -0.25) is 9.59 Å². The molecule has 2 aromatic rings. The summed E-state index contributed by atoms with van der Waals surface area (Å²) in [6, 6.07) is 4.27. The highest BCUT2D eigenvalue weighted by atomic mass is 32.1. The first kappa shape index (κ1) is 19.5. The summed E-state index contributed by atoms with van der Waals surface area (Å²) in [6.07, 6.45) is 9.12. The molecule has 28 heavy (non-hydrogen) atoms. The predicted octanol–water partition coefficient (Wildman–Crippen LogP) is 4.56. The Balaban J connectivity index is 1.63. The van der Waals surface area contributed by atoms with Crippen molar-refractivity contribution >= 4 is 33.4 Å². The second-order valence-electron chi connectivity index (χ2n) is 8.53. The molecule has 1 fully saturated rings. The summed E-state index contributed by atoms with van der Waals surface area (Å²) in [5, 5.41) is 5.38. The number of carbonyl (C=O) groups excluding carboxylic acids is 2. The number of thiophene rings is 1. The van der Waals surface area contributed by atoms with Gasteiger partial charge in [-0.15, -0.1) is 11.3 Å². The Hall–Kier alpha value is -1.82. The van der Waals surface area contributed by atoms with Crippen LogP contribution in [0.25, 0.3) is 10.2 Å². The fourth-order valence-corrected chi connectivity index (χ4v) is 5.61. The molecular weight excluding hydrogens is 370 g/mol. The van der Waals surface area contributed by atoms with Gasteiger partial charge in [0.05, 0.1) is 16.8 Å². The first-order valence-electron chi connectivity index (χ1n) is 10.7. The molecule has 0 bridgehead atoms. The van der Waals surface area contributed by atoms with Crippen LogP contribution < -0.4 is 5.32 Å². The zero-order valence-electron chi connectivity index (χ0n) is 17.0. The van der Waals surface area contributed by atoms with Crippen LogP contribution in [0.3, 0.4) is 0 Å². The Morgan fingerprint density at radius 3 is 2.68 bits per heavy atom. The lowest BCUT2D eigenvalue weighted by molar-refractivity contribution is -0.133. The Kier molecular flexibility index (Phi) is 5.50. The zero-order valence-corrected chi connectivity index (χ0v) is 17.8. The molecule has 1 aliphatic heterocycles. The van der Waals surface area contributed by atoms with E-state index in [9.17, 15) is 9.59 Å². The van der Waals surface area contributed by atoms with E-state index in [0.717, 1.165) is 29.5 Å². The van der Waals surface area contributed by atoms with E-state index in [1.54, 1.807) is 11.3 Å². The van der Waals surface area contributed by atoms with Crippen LogP contribution in [0.1, 0.15) is 75.7 Å². The molecule has 152 valence electrons. The van der Waals surface area contributed by atoms with Gasteiger partial charge in [-0.25, -0.2) is 0 Å². The third-order valence-corrected chi connectivity index (χ3v) is 7.28. The van der Waals surface area contributed by atoms with Crippen LogP contribution in [0, 0.1) is 0 Å². The van der Waals surface area contributed by atoms with Crippen molar-refractivity contribution in [2.45, 2.75) is 83.3 Å². The Morgan fingerprint density at radius 2 is 1.96 bits per heavy atom. The summed E-state index contributed by atoms with van der Waals surface area (Å²) in [6.45, 7) is 5.13. The van der Waals surface area contributed by atoms with E-state index in [-0.39, 0.29) is 17.9 Å². The third kappa shape index (κ3) is 3.36. The van der Waals surface area contributed by atoms with Gasteiger partial charge in [-0.05, 0) is 43.7 Å². The minimum Gasteiger partial charge on any atom is -0.351 e. The summed E-state index contributed by atoms with van der Waals surface area (Å²) in [5.74, 6) is -0.0191. The molecule has 2 aromatic heterocycles. The lowest BCUT2D eigenvalue weighted by Crippen LogP contribution is -2.65. The molecule has 1 atom stereocenters. The standard InChI is InChI=1S/C22H31N3O2S/c1-3-12-25-20(26)18-14-19-17(11-13-28-19)24(18)15-22(25,2)21(27)23-16-9-7-5-4-6-8-10-16/h11,13-14,16H,3-10,12,15H2,1-2H3,(H,23,27)/t22-/m0/s1. The average Bonchev–Trinajstić information content (AvgIpc) is 3.23. The van der Waals surface area contributed by atoms with Gasteiger partial charge in [0.15, 0.2) is 0 Å². The van der Waals surface area contributed by atoms with E-state index in [2.05, 4.69) is 22.9 Å². The molecule has 0 radical (unpaired) electrons. The maximum atomic E-state index is 13.5. The molecule has 1 aliphatic carbocycles. The van der Waals surface area contributed by atoms with Gasteiger partial charge in [0, 0.05) is 12.6 Å². The second-order valence-corrected chi connectivity index (χ2v) is 9.48. The number of hydrogen-bond acceptors (Lipinski definition) is 3. The van der Waals surface area contributed by atoms with Gasteiger partial charge in [0.1, 0.15) is 11.2 Å². The fourth-order valence-electron chi connectivity index (χ4n) is 4.79. The molecule has 2 amide bonds. The molecule has 0 unspecified atom stereocenters. The fraction of sp³-hybridized carbons (Fsp3) is 0.636. The first-order valence-corrected chi connectivity index (χ1v) is 11.6. The molecule has 0 spiro atoms. The van der Waals surface area contributed by atoms with Crippen LogP contribution in [0.15, 0.2) is 17.5 Å². The molecule has 2 aliphatic rings. The van der Waals surface area contributed by atoms with Crippen molar-refractivity contribution in [1.29, 1.82) is 0 Å². The van der Waals surface area contributed by atoms with Crippen LogP contribution in [-0.2, 0) is 11.3 Å². The van der Waals surface area contributed by atoms with Gasteiger partial charge in [-0.2, -0.15) is 0 Å². The summed E-state index contributed by atoms with van der Waals surface area (Å²) in [4.78, 5) is 28.6. The molecule has 1 N–H and O–H groups in total. The second kappa shape index (κ2) is 7.90. The van der Waals surface area contributed by atoms with Gasteiger partial charge < -0.3 is 14.8 Å². The molecule has 6 heteroatoms. The van der Waals surface area contributed by atoms with Crippen molar-refractivity contribution in [2.75, 3.05) is 6.54 Å². The number of hydrogen-bond donors (Lipinski definition) is 1. The highest BCUT2D eigenvalue weighted by molar-refractivity contribution is 7.17. The molecular formula is C22H31N3O2S. The van der Waals surface area contributed by atoms with Crippen molar-refractivity contribution in [3.63, 3.8) is 0 Å². The lowest BCUT2D eigenvalue weighted by Gasteiger charge is -2.44. The highest BCUT2D eigenvalue weighted by Crippen LogP contribution is 2.34. The molecule has 0 saturated heterocycles. The van der Waals surface area contributed by atoms with Crippen LogP contribution >= 0.6 is 11.3 Å². The summed E-state index contributed by atoms with van der Waals surface area (Å²) in [5.41, 5.74) is 0.928. The Labute approximate surface area is 171 Å². The number of aromatic nitrogens is 1. The van der Waals surface area contributed by atoms with Crippen LogP contribution in [0.4, 0.5) is 0 Å². The van der Waals surface area contributed by atoms with Crippen molar-refractivity contribution < 1.29 is 9.59 Å². The number of amides is 2. The van der Waals surface area contributed by atoms with Crippen LogP contribution in [0.5, 0.6) is 0 Å². The van der Waals surface area contributed by atoms with E-state index in [4.69, 9.17) is 0 Å². The van der Waals surface area contributed by atoms with Gasteiger partial charge in [-0.1, -0.05) is 39.0 Å². The minimum absolute atomic E-state index is 0.00241. The number of fused-ring (bicyclic) bond motifs is 3. The van der Waals surface area contributed by atoms with Crippen LogP contribution in [-0.4, -0.2) is 39.4 Å². The molecule has 5 nitrogen and oxygen atoms in total.